The van der Waals surface area contributed by atoms with Gasteiger partial charge in [0.1, 0.15) is 0 Å². The van der Waals surface area contributed by atoms with Crippen molar-refractivity contribution in [3.05, 3.63) is 42.2 Å². The normalized spacial score (nSPS) is 13.6. The first-order chi connectivity index (χ1) is 10.6. The van der Waals surface area contributed by atoms with Crippen LogP contribution >= 0.6 is 19.4 Å². The summed E-state index contributed by atoms with van der Waals surface area (Å²) in [7, 11) is -3.21. The van der Waals surface area contributed by atoms with Gasteiger partial charge in [0, 0.05) is 10.7 Å². The summed E-state index contributed by atoms with van der Waals surface area (Å²) in [5.41, 5.74) is 0. The van der Waals surface area contributed by atoms with Gasteiger partial charge in [-0.3, -0.25) is 4.57 Å². The average Bonchev–Trinajstić information content (AvgIpc) is 2.51. The van der Waals surface area contributed by atoms with E-state index in [1.54, 1.807) is 25.6 Å². The van der Waals surface area contributed by atoms with Gasteiger partial charge in [0.05, 0.1) is 19.3 Å². The smallest absolute Gasteiger partial charge is 0.353 e. The quantitative estimate of drug-likeness (QED) is 0.358. The number of rotatable bonds is 11. The Kier molecular flexibility index (Phi) is 9.76. The molecule has 0 radical (unpaired) electrons. The highest BCUT2D eigenvalue weighted by atomic mass is 32.2. The number of aliphatic hydroxyl groups is 1. The monoisotopic (exact) mass is 344 g/mol. The van der Waals surface area contributed by atoms with Gasteiger partial charge in [-0.25, -0.2) is 0 Å². The number of aliphatic hydroxyl groups excluding tert-OH is 1. The molecule has 1 aromatic rings. The Hall–Kier alpha value is -0.580. The van der Waals surface area contributed by atoms with E-state index in [2.05, 4.69) is 12.1 Å². The van der Waals surface area contributed by atoms with E-state index in [9.17, 15) is 9.67 Å². The maximum Gasteiger partial charge on any atom is 0.353 e. The van der Waals surface area contributed by atoms with Crippen molar-refractivity contribution in [2.75, 3.05) is 19.0 Å². The van der Waals surface area contributed by atoms with Crippen LogP contribution in [0.25, 0.3) is 0 Å². The minimum atomic E-state index is -3.21. The molecule has 0 aliphatic carbocycles. The molecule has 0 saturated carbocycles. The van der Waals surface area contributed by atoms with Gasteiger partial charge in [0.2, 0.25) is 0 Å². The SMILES string of the molecule is CCOP(=O)(/C=C/C(O)CCCSc1ccccc1)OCC. The van der Waals surface area contributed by atoms with E-state index < -0.39 is 13.7 Å². The summed E-state index contributed by atoms with van der Waals surface area (Å²) in [6.45, 7) is 4.14. The van der Waals surface area contributed by atoms with Crippen molar-refractivity contribution in [3.63, 3.8) is 0 Å². The van der Waals surface area contributed by atoms with Crippen molar-refractivity contribution >= 4 is 19.4 Å². The number of hydrogen-bond donors (Lipinski definition) is 1. The molecule has 0 spiro atoms. The van der Waals surface area contributed by atoms with Crippen LogP contribution in [0.2, 0.25) is 0 Å². The Morgan fingerprint density at radius 1 is 1.23 bits per heavy atom. The Morgan fingerprint density at radius 3 is 2.45 bits per heavy atom. The Labute approximate surface area is 137 Å². The van der Waals surface area contributed by atoms with Crippen LogP contribution in [0.5, 0.6) is 0 Å². The summed E-state index contributed by atoms with van der Waals surface area (Å²) in [5.74, 6) is 2.30. The molecule has 0 aliphatic heterocycles. The molecule has 1 rings (SSSR count). The summed E-state index contributed by atoms with van der Waals surface area (Å²) in [6, 6.07) is 10.2. The van der Waals surface area contributed by atoms with Gasteiger partial charge >= 0.3 is 7.60 Å². The second kappa shape index (κ2) is 11.0. The molecule has 0 aromatic heterocycles. The van der Waals surface area contributed by atoms with Crippen LogP contribution in [0.3, 0.4) is 0 Å². The van der Waals surface area contributed by atoms with E-state index in [0.717, 1.165) is 12.2 Å². The number of benzene rings is 1. The highest BCUT2D eigenvalue weighted by molar-refractivity contribution is 7.99. The van der Waals surface area contributed by atoms with Gasteiger partial charge < -0.3 is 14.2 Å². The molecule has 0 fully saturated rings. The third-order valence-corrected chi connectivity index (χ3v) is 5.64. The minimum absolute atomic E-state index is 0.311. The van der Waals surface area contributed by atoms with E-state index in [1.165, 1.54) is 16.8 Å². The first-order valence-electron chi connectivity index (χ1n) is 7.53. The maximum absolute atomic E-state index is 12.2. The third kappa shape index (κ3) is 8.16. The van der Waals surface area contributed by atoms with Crippen LogP contribution in [0.15, 0.2) is 47.1 Å². The van der Waals surface area contributed by atoms with Crippen LogP contribution in [0.4, 0.5) is 0 Å². The van der Waals surface area contributed by atoms with Crippen LogP contribution in [0.1, 0.15) is 26.7 Å². The molecule has 0 heterocycles. The number of thioether (sulfide) groups is 1. The zero-order valence-corrected chi connectivity index (χ0v) is 14.9. The molecule has 0 aliphatic rings. The molecule has 0 saturated heterocycles. The second-order valence-corrected chi connectivity index (χ2v) is 7.65. The fourth-order valence-corrected chi connectivity index (χ4v) is 4.06. The summed E-state index contributed by atoms with van der Waals surface area (Å²) in [6.07, 6.45) is 2.37. The largest absolute Gasteiger partial charge is 0.389 e. The van der Waals surface area contributed by atoms with Crippen molar-refractivity contribution in [2.45, 2.75) is 37.7 Å². The Morgan fingerprint density at radius 2 is 1.86 bits per heavy atom. The van der Waals surface area contributed by atoms with Crippen molar-refractivity contribution in [3.8, 4) is 0 Å². The van der Waals surface area contributed by atoms with Crippen molar-refractivity contribution < 1.29 is 18.7 Å². The van der Waals surface area contributed by atoms with Crippen LogP contribution in [-0.4, -0.2) is 30.2 Å². The highest BCUT2D eigenvalue weighted by Gasteiger charge is 2.19. The molecule has 0 bridgehead atoms. The lowest BCUT2D eigenvalue weighted by molar-refractivity contribution is 0.209. The van der Waals surface area contributed by atoms with Crippen molar-refractivity contribution in [2.24, 2.45) is 0 Å². The summed E-state index contributed by atoms with van der Waals surface area (Å²) in [5, 5.41) is 9.92. The standard InChI is InChI=1S/C16H25O4PS/c1-3-19-21(18,20-4-2)13-12-15(17)9-8-14-22-16-10-6-5-7-11-16/h5-7,10-13,15,17H,3-4,8-9,14H2,1-2H3/b13-12+. The topological polar surface area (TPSA) is 55.8 Å². The van der Waals surface area contributed by atoms with Crippen molar-refractivity contribution in [1.82, 2.24) is 0 Å². The lowest BCUT2D eigenvalue weighted by atomic mass is 10.2. The van der Waals surface area contributed by atoms with Crippen LogP contribution < -0.4 is 0 Å². The molecule has 1 unspecified atom stereocenters. The average molecular weight is 344 g/mol. The van der Waals surface area contributed by atoms with Crippen molar-refractivity contribution in [1.29, 1.82) is 0 Å². The van der Waals surface area contributed by atoms with Gasteiger partial charge in [-0.1, -0.05) is 18.2 Å². The molecule has 1 aromatic carbocycles. The number of hydrogen-bond acceptors (Lipinski definition) is 5. The molecule has 1 N–H and O–H groups in total. The lowest BCUT2D eigenvalue weighted by Gasteiger charge is -2.13. The molecule has 1 atom stereocenters. The molecule has 22 heavy (non-hydrogen) atoms. The zero-order chi connectivity index (χ0) is 16.3. The minimum Gasteiger partial charge on any atom is -0.389 e. The van der Waals surface area contributed by atoms with E-state index in [1.807, 2.05) is 18.2 Å². The van der Waals surface area contributed by atoms with Gasteiger partial charge in [0.25, 0.3) is 0 Å². The summed E-state index contributed by atoms with van der Waals surface area (Å²) >= 11 is 1.76. The molecule has 124 valence electrons. The Bertz CT molecular complexity index is 468. The highest BCUT2D eigenvalue weighted by Crippen LogP contribution is 2.49. The maximum atomic E-state index is 12.2. The van der Waals surface area contributed by atoms with Gasteiger partial charge in [-0.05, 0) is 50.7 Å². The first-order valence-corrected chi connectivity index (χ1v) is 10.1. The van der Waals surface area contributed by atoms with Gasteiger partial charge in [-0.15, -0.1) is 11.8 Å². The van der Waals surface area contributed by atoms with E-state index in [0.29, 0.717) is 19.6 Å². The molecule has 6 heteroatoms. The lowest BCUT2D eigenvalue weighted by Crippen LogP contribution is -2.03. The second-order valence-electron chi connectivity index (χ2n) is 4.59. The first kappa shape index (κ1) is 19.5. The van der Waals surface area contributed by atoms with E-state index in [4.69, 9.17) is 9.05 Å². The molecule has 4 nitrogen and oxygen atoms in total. The molecule has 0 amide bonds. The zero-order valence-electron chi connectivity index (χ0n) is 13.2. The Balaban J connectivity index is 2.31. The van der Waals surface area contributed by atoms with Gasteiger partial charge in [-0.2, -0.15) is 0 Å². The predicted molar refractivity (Wildman–Crippen MR) is 92.4 cm³/mol. The summed E-state index contributed by atoms with van der Waals surface area (Å²) in [4.78, 5) is 1.23. The molecular formula is C16H25O4PS. The molecular weight excluding hydrogens is 319 g/mol. The van der Waals surface area contributed by atoms with E-state index >= 15 is 0 Å². The summed E-state index contributed by atoms with van der Waals surface area (Å²) < 4.78 is 22.5. The van der Waals surface area contributed by atoms with E-state index in [-0.39, 0.29) is 0 Å². The fraction of sp³-hybridized carbons (Fsp3) is 0.500. The predicted octanol–water partition coefficient (Wildman–Crippen LogP) is 4.70. The van der Waals surface area contributed by atoms with Crippen LogP contribution in [0, 0.1) is 0 Å². The van der Waals surface area contributed by atoms with Crippen LogP contribution in [-0.2, 0) is 13.6 Å². The fourth-order valence-electron chi connectivity index (χ4n) is 1.78. The third-order valence-electron chi connectivity index (χ3n) is 2.77. The van der Waals surface area contributed by atoms with Gasteiger partial charge in [0.15, 0.2) is 0 Å².